The zero-order chi connectivity index (χ0) is 16.2. The standard InChI is InChI=1S/C17H16ClN3O2/c1-22-14-8-7-12-15(16(14)23-2)20-10-21-17(12)19-9-11-5-3-4-6-13(11)18/h3-8,10H,9H2,1-2H3,(H,19,20,21). The van der Waals surface area contributed by atoms with Crippen molar-refractivity contribution in [3.05, 3.63) is 53.3 Å². The summed E-state index contributed by atoms with van der Waals surface area (Å²) in [5.74, 6) is 1.94. The van der Waals surface area contributed by atoms with Crippen molar-refractivity contribution in [2.45, 2.75) is 6.54 Å². The monoisotopic (exact) mass is 329 g/mol. The smallest absolute Gasteiger partial charge is 0.187 e. The summed E-state index contributed by atoms with van der Waals surface area (Å²) in [6.45, 7) is 0.570. The first-order valence-electron chi connectivity index (χ1n) is 7.07. The first kappa shape index (κ1) is 15.4. The first-order valence-corrected chi connectivity index (χ1v) is 7.45. The maximum Gasteiger partial charge on any atom is 0.187 e. The van der Waals surface area contributed by atoms with Crippen molar-refractivity contribution in [3.8, 4) is 11.5 Å². The number of fused-ring (bicyclic) bond motifs is 1. The average Bonchev–Trinajstić information content (AvgIpc) is 2.59. The predicted molar refractivity (Wildman–Crippen MR) is 91.4 cm³/mol. The van der Waals surface area contributed by atoms with E-state index in [1.165, 1.54) is 6.33 Å². The lowest BCUT2D eigenvalue weighted by Crippen LogP contribution is -2.04. The third-order valence-electron chi connectivity index (χ3n) is 3.55. The lowest BCUT2D eigenvalue weighted by Gasteiger charge is -2.13. The molecular weight excluding hydrogens is 314 g/mol. The Kier molecular flexibility index (Phi) is 4.48. The molecule has 0 spiro atoms. The number of benzene rings is 2. The normalized spacial score (nSPS) is 10.6. The van der Waals surface area contributed by atoms with Gasteiger partial charge >= 0.3 is 0 Å². The Hall–Kier alpha value is -2.53. The van der Waals surface area contributed by atoms with Gasteiger partial charge in [-0.15, -0.1) is 0 Å². The molecular formula is C17H16ClN3O2. The van der Waals surface area contributed by atoms with E-state index in [1.54, 1.807) is 14.2 Å². The summed E-state index contributed by atoms with van der Waals surface area (Å²) < 4.78 is 10.7. The second-order valence-electron chi connectivity index (χ2n) is 4.86. The zero-order valence-corrected chi connectivity index (χ0v) is 13.6. The molecule has 3 rings (SSSR count). The molecule has 1 aromatic heterocycles. The number of nitrogens with zero attached hydrogens (tertiary/aromatic N) is 2. The average molecular weight is 330 g/mol. The minimum absolute atomic E-state index is 0.570. The summed E-state index contributed by atoms with van der Waals surface area (Å²) in [7, 11) is 3.19. The molecule has 0 fully saturated rings. The fraction of sp³-hybridized carbons (Fsp3) is 0.176. The number of halogens is 1. The van der Waals surface area contributed by atoms with Crippen LogP contribution in [0.4, 0.5) is 5.82 Å². The van der Waals surface area contributed by atoms with Gasteiger partial charge in [-0.25, -0.2) is 9.97 Å². The number of hydrogen-bond acceptors (Lipinski definition) is 5. The van der Waals surface area contributed by atoms with Crippen LogP contribution in [0, 0.1) is 0 Å². The summed E-state index contributed by atoms with van der Waals surface area (Å²) in [6, 6.07) is 11.4. The highest BCUT2D eigenvalue weighted by atomic mass is 35.5. The largest absolute Gasteiger partial charge is 0.493 e. The number of rotatable bonds is 5. The van der Waals surface area contributed by atoms with E-state index >= 15 is 0 Å². The second-order valence-corrected chi connectivity index (χ2v) is 5.27. The molecule has 6 heteroatoms. The summed E-state index contributed by atoms with van der Waals surface area (Å²) in [4.78, 5) is 8.63. The Morgan fingerprint density at radius 2 is 1.87 bits per heavy atom. The predicted octanol–water partition coefficient (Wildman–Crippen LogP) is 3.91. The van der Waals surface area contributed by atoms with Gasteiger partial charge in [0.2, 0.25) is 0 Å². The van der Waals surface area contributed by atoms with E-state index in [-0.39, 0.29) is 0 Å². The molecule has 0 atom stereocenters. The minimum Gasteiger partial charge on any atom is -0.493 e. The summed E-state index contributed by atoms with van der Waals surface area (Å²) >= 11 is 6.19. The van der Waals surface area contributed by atoms with Gasteiger partial charge in [0.15, 0.2) is 11.5 Å². The van der Waals surface area contributed by atoms with E-state index in [2.05, 4.69) is 15.3 Å². The number of ether oxygens (including phenoxy) is 2. The van der Waals surface area contributed by atoms with Crippen molar-refractivity contribution >= 4 is 28.3 Å². The van der Waals surface area contributed by atoms with Crippen LogP contribution in [0.1, 0.15) is 5.56 Å². The Bertz CT molecular complexity index is 839. The second kappa shape index (κ2) is 6.71. The first-order chi connectivity index (χ1) is 11.2. The van der Waals surface area contributed by atoms with E-state index < -0.39 is 0 Å². The number of anilines is 1. The molecule has 1 N–H and O–H groups in total. The molecule has 0 amide bonds. The maximum atomic E-state index is 6.19. The Labute approximate surface area is 139 Å². The molecule has 1 heterocycles. The third-order valence-corrected chi connectivity index (χ3v) is 3.92. The summed E-state index contributed by atoms with van der Waals surface area (Å²) in [5.41, 5.74) is 1.70. The van der Waals surface area contributed by atoms with Gasteiger partial charge in [0.05, 0.1) is 14.2 Å². The van der Waals surface area contributed by atoms with E-state index in [1.807, 2.05) is 36.4 Å². The molecule has 0 saturated heterocycles. The van der Waals surface area contributed by atoms with Crippen LogP contribution in [0.3, 0.4) is 0 Å². The van der Waals surface area contributed by atoms with Gasteiger partial charge < -0.3 is 14.8 Å². The lowest BCUT2D eigenvalue weighted by atomic mass is 10.2. The lowest BCUT2D eigenvalue weighted by molar-refractivity contribution is 0.358. The summed E-state index contributed by atoms with van der Waals surface area (Å²) in [5, 5.41) is 4.88. The van der Waals surface area contributed by atoms with E-state index in [0.29, 0.717) is 23.6 Å². The van der Waals surface area contributed by atoms with Gasteiger partial charge in [-0.2, -0.15) is 0 Å². The van der Waals surface area contributed by atoms with Crippen LogP contribution in [0.25, 0.3) is 10.9 Å². The molecule has 3 aromatic rings. The van der Waals surface area contributed by atoms with Gasteiger partial charge in [0, 0.05) is 17.0 Å². The molecule has 118 valence electrons. The van der Waals surface area contributed by atoms with Crippen LogP contribution in [0.5, 0.6) is 11.5 Å². The van der Waals surface area contributed by atoms with Crippen LogP contribution in [-0.4, -0.2) is 24.2 Å². The van der Waals surface area contributed by atoms with Crippen molar-refractivity contribution in [1.29, 1.82) is 0 Å². The van der Waals surface area contributed by atoms with Crippen molar-refractivity contribution < 1.29 is 9.47 Å². The van der Waals surface area contributed by atoms with Gasteiger partial charge in [-0.05, 0) is 23.8 Å². The molecule has 0 unspecified atom stereocenters. The van der Waals surface area contributed by atoms with Crippen LogP contribution < -0.4 is 14.8 Å². The van der Waals surface area contributed by atoms with Crippen molar-refractivity contribution in [1.82, 2.24) is 9.97 Å². The maximum absolute atomic E-state index is 6.19. The fourth-order valence-corrected chi connectivity index (χ4v) is 2.61. The van der Waals surface area contributed by atoms with E-state index in [0.717, 1.165) is 21.8 Å². The van der Waals surface area contributed by atoms with Crippen LogP contribution in [0.15, 0.2) is 42.7 Å². The Morgan fingerprint density at radius 3 is 2.61 bits per heavy atom. The molecule has 0 aliphatic carbocycles. The minimum atomic E-state index is 0.570. The highest BCUT2D eigenvalue weighted by molar-refractivity contribution is 6.31. The number of nitrogens with one attached hydrogen (secondary N) is 1. The zero-order valence-electron chi connectivity index (χ0n) is 12.8. The topological polar surface area (TPSA) is 56.3 Å². The number of methoxy groups -OCH3 is 2. The number of aromatic nitrogens is 2. The number of hydrogen-bond donors (Lipinski definition) is 1. The molecule has 0 aliphatic rings. The Morgan fingerprint density at radius 1 is 1.04 bits per heavy atom. The third kappa shape index (κ3) is 3.00. The molecule has 0 saturated carbocycles. The highest BCUT2D eigenvalue weighted by Crippen LogP contribution is 2.36. The van der Waals surface area contributed by atoms with Crippen molar-refractivity contribution in [3.63, 3.8) is 0 Å². The molecule has 2 aromatic carbocycles. The molecule has 23 heavy (non-hydrogen) atoms. The molecule has 0 radical (unpaired) electrons. The van der Waals surface area contributed by atoms with E-state index in [9.17, 15) is 0 Å². The van der Waals surface area contributed by atoms with Crippen LogP contribution in [-0.2, 0) is 6.54 Å². The highest BCUT2D eigenvalue weighted by Gasteiger charge is 2.13. The molecule has 0 bridgehead atoms. The van der Waals surface area contributed by atoms with Crippen molar-refractivity contribution in [2.24, 2.45) is 0 Å². The van der Waals surface area contributed by atoms with Gasteiger partial charge in [-0.1, -0.05) is 29.8 Å². The van der Waals surface area contributed by atoms with Gasteiger partial charge in [-0.3, -0.25) is 0 Å². The summed E-state index contributed by atoms with van der Waals surface area (Å²) in [6.07, 6.45) is 1.50. The Balaban J connectivity index is 1.97. The molecule has 5 nitrogen and oxygen atoms in total. The van der Waals surface area contributed by atoms with Crippen LogP contribution in [0.2, 0.25) is 5.02 Å². The van der Waals surface area contributed by atoms with E-state index in [4.69, 9.17) is 21.1 Å². The van der Waals surface area contributed by atoms with Gasteiger partial charge in [0.25, 0.3) is 0 Å². The SMILES string of the molecule is COc1ccc2c(NCc3ccccc3Cl)ncnc2c1OC. The van der Waals surface area contributed by atoms with Crippen LogP contribution >= 0.6 is 11.6 Å². The quantitative estimate of drug-likeness (QED) is 0.769. The molecule has 0 aliphatic heterocycles. The van der Waals surface area contributed by atoms with Crippen molar-refractivity contribution in [2.75, 3.05) is 19.5 Å². The van der Waals surface area contributed by atoms with Gasteiger partial charge in [0.1, 0.15) is 17.7 Å². The fourth-order valence-electron chi connectivity index (χ4n) is 2.41.